The molecule has 6 nitrogen and oxygen atoms in total. The molecule has 1 aliphatic rings. The summed E-state index contributed by atoms with van der Waals surface area (Å²) in [6, 6.07) is 13.7. The van der Waals surface area contributed by atoms with Crippen molar-refractivity contribution < 1.29 is 14.4 Å². The molecule has 0 bridgehead atoms. The standard InChI is InChI=1S/C24H28N4O2/c1-4-27(5-2)12-13-28-15-26-24-22(23(28)25)21(17-8-6-16(3)7-9-17)19-11-10-18(29)14-20(19)30-24/h6-11,14-15,21,25,29H,4-5,12-13H2,1-3H3/p+1/t21-/m0/s1. The molecule has 0 aliphatic carbocycles. The number of aromatic hydroxyl groups is 1. The number of hydrogen-bond donors (Lipinski definition) is 2. The summed E-state index contributed by atoms with van der Waals surface area (Å²) in [6.07, 6.45) is 1.75. The van der Waals surface area contributed by atoms with E-state index in [1.807, 2.05) is 10.6 Å². The lowest BCUT2D eigenvalue weighted by Gasteiger charge is -2.27. The topological polar surface area (TPSA) is 75.5 Å². The van der Waals surface area contributed by atoms with E-state index in [2.05, 4.69) is 54.9 Å². The van der Waals surface area contributed by atoms with Crippen molar-refractivity contribution in [3.63, 3.8) is 0 Å². The highest BCUT2D eigenvalue weighted by Gasteiger charge is 2.36. The molecule has 0 spiro atoms. The van der Waals surface area contributed by atoms with Gasteiger partial charge in [0, 0.05) is 18.2 Å². The Hall–Kier alpha value is -3.12. The van der Waals surface area contributed by atoms with Gasteiger partial charge in [0.15, 0.2) is 0 Å². The second kappa shape index (κ2) is 8.32. The van der Waals surface area contributed by atoms with Crippen molar-refractivity contribution in [2.24, 2.45) is 0 Å². The molecule has 0 radical (unpaired) electrons. The van der Waals surface area contributed by atoms with Crippen LogP contribution >= 0.6 is 0 Å². The molecular formula is C24H29N4O2+. The van der Waals surface area contributed by atoms with E-state index < -0.39 is 0 Å². The van der Waals surface area contributed by atoms with Gasteiger partial charge in [0.25, 0.3) is 0 Å². The SMILES string of the molecule is CCN(CC)CC[n+]1cnc2c(c1N)[C@@H](c1ccc(C)cc1)c1ccc(O)cc1O2. The van der Waals surface area contributed by atoms with E-state index in [0.717, 1.165) is 42.9 Å². The minimum absolute atomic E-state index is 0.113. The number of benzene rings is 2. The van der Waals surface area contributed by atoms with Gasteiger partial charge in [-0.1, -0.05) is 54.7 Å². The van der Waals surface area contributed by atoms with Crippen LogP contribution in [-0.2, 0) is 6.54 Å². The van der Waals surface area contributed by atoms with E-state index in [1.165, 1.54) is 5.56 Å². The highest BCUT2D eigenvalue weighted by molar-refractivity contribution is 5.62. The predicted octanol–water partition coefficient (Wildman–Crippen LogP) is 3.59. The lowest BCUT2D eigenvalue weighted by molar-refractivity contribution is -0.685. The van der Waals surface area contributed by atoms with Crippen molar-refractivity contribution in [2.45, 2.75) is 33.2 Å². The molecule has 6 heteroatoms. The van der Waals surface area contributed by atoms with Crippen LogP contribution in [0.15, 0.2) is 48.8 Å². The lowest BCUT2D eigenvalue weighted by atomic mass is 9.83. The summed E-state index contributed by atoms with van der Waals surface area (Å²) in [4.78, 5) is 6.95. The second-order valence-corrected chi connectivity index (χ2v) is 7.74. The Kier molecular flexibility index (Phi) is 5.59. The summed E-state index contributed by atoms with van der Waals surface area (Å²) in [6.45, 7) is 10.1. The van der Waals surface area contributed by atoms with Crippen molar-refractivity contribution in [3.8, 4) is 17.4 Å². The quantitative estimate of drug-likeness (QED) is 0.480. The average Bonchev–Trinajstić information content (AvgIpc) is 2.75. The Morgan fingerprint density at radius 2 is 1.87 bits per heavy atom. The third-order valence-corrected chi connectivity index (χ3v) is 5.90. The summed E-state index contributed by atoms with van der Waals surface area (Å²) in [5, 5.41) is 9.96. The van der Waals surface area contributed by atoms with E-state index in [-0.39, 0.29) is 11.7 Å². The van der Waals surface area contributed by atoms with Gasteiger partial charge in [-0.15, -0.1) is 0 Å². The molecule has 4 rings (SSSR count). The zero-order valence-corrected chi connectivity index (χ0v) is 17.8. The van der Waals surface area contributed by atoms with Crippen LogP contribution in [-0.4, -0.2) is 34.6 Å². The largest absolute Gasteiger partial charge is 0.508 e. The van der Waals surface area contributed by atoms with E-state index in [9.17, 15) is 5.11 Å². The van der Waals surface area contributed by atoms with Gasteiger partial charge in [-0.3, -0.25) is 0 Å². The van der Waals surface area contributed by atoms with Crippen molar-refractivity contribution >= 4 is 5.82 Å². The van der Waals surface area contributed by atoms with E-state index in [1.54, 1.807) is 18.5 Å². The molecule has 156 valence electrons. The molecule has 3 N–H and O–H groups in total. The number of nitrogens with two attached hydrogens (primary N) is 1. The van der Waals surface area contributed by atoms with Crippen molar-refractivity contribution in [2.75, 3.05) is 25.4 Å². The number of aromatic nitrogens is 2. The molecule has 2 heterocycles. The molecule has 1 aromatic heterocycles. The highest BCUT2D eigenvalue weighted by Crippen LogP contribution is 2.48. The molecule has 30 heavy (non-hydrogen) atoms. The maximum absolute atomic E-state index is 9.96. The first-order chi connectivity index (χ1) is 14.5. The number of phenols is 1. The number of hydrogen-bond acceptors (Lipinski definition) is 5. The zero-order chi connectivity index (χ0) is 21.3. The van der Waals surface area contributed by atoms with Crippen molar-refractivity contribution in [1.29, 1.82) is 0 Å². The number of phenolic OH excluding ortho intramolecular Hbond substituents is 1. The van der Waals surface area contributed by atoms with Gasteiger partial charge in [-0.05, 0) is 31.6 Å². The summed E-state index contributed by atoms with van der Waals surface area (Å²) < 4.78 is 8.07. The van der Waals surface area contributed by atoms with Crippen LogP contribution in [0.2, 0.25) is 0 Å². The lowest BCUT2D eigenvalue weighted by Crippen LogP contribution is -2.44. The molecular weight excluding hydrogens is 376 g/mol. The number of ether oxygens (including phenoxy) is 1. The van der Waals surface area contributed by atoms with Gasteiger partial charge in [0.2, 0.25) is 12.1 Å². The fraction of sp³-hybridized carbons (Fsp3) is 0.333. The molecule has 0 saturated carbocycles. The van der Waals surface area contributed by atoms with Crippen LogP contribution in [0.1, 0.15) is 42.0 Å². The van der Waals surface area contributed by atoms with Crippen LogP contribution in [0.4, 0.5) is 5.82 Å². The number of aryl methyl sites for hydroxylation is 1. The first kappa shape index (κ1) is 20.2. The Morgan fingerprint density at radius 3 is 2.57 bits per heavy atom. The van der Waals surface area contributed by atoms with Crippen molar-refractivity contribution in [3.05, 3.63) is 71.0 Å². The molecule has 3 aromatic rings. The molecule has 1 atom stereocenters. The van der Waals surface area contributed by atoms with Gasteiger partial charge in [0.1, 0.15) is 17.1 Å². The Balaban J connectivity index is 1.81. The second-order valence-electron chi connectivity index (χ2n) is 7.74. The summed E-state index contributed by atoms with van der Waals surface area (Å²) in [5.74, 6) is 1.82. The van der Waals surface area contributed by atoms with Crippen LogP contribution in [0.5, 0.6) is 17.4 Å². The molecule has 1 aliphatic heterocycles. The minimum atomic E-state index is -0.113. The fourth-order valence-corrected chi connectivity index (χ4v) is 4.05. The number of nitrogen functional groups attached to an aromatic ring is 1. The van der Waals surface area contributed by atoms with Crippen molar-refractivity contribution in [1.82, 2.24) is 9.88 Å². The maximum atomic E-state index is 9.96. The number of nitrogens with zero attached hydrogens (tertiary/aromatic N) is 3. The zero-order valence-electron chi connectivity index (χ0n) is 17.8. The summed E-state index contributed by atoms with van der Waals surface area (Å²) in [7, 11) is 0. The van der Waals surface area contributed by atoms with Gasteiger partial charge in [-0.25, -0.2) is 4.57 Å². The first-order valence-electron chi connectivity index (χ1n) is 10.5. The van der Waals surface area contributed by atoms with Crippen LogP contribution < -0.4 is 15.0 Å². The molecule has 0 unspecified atom stereocenters. The molecule has 0 fully saturated rings. The number of anilines is 1. The monoisotopic (exact) mass is 405 g/mol. The van der Waals surface area contributed by atoms with E-state index in [0.29, 0.717) is 17.4 Å². The number of rotatable bonds is 6. The number of fused-ring (bicyclic) bond motifs is 2. The Bertz CT molecular complexity index is 1050. The van der Waals surface area contributed by atoms with Gasteiger partial charge < -0.3 is 20.5 Å². The van der Waals surface area contributed by atoms with E-state index in [4.69, 9.17) is 10.5 Å². The highest BCUT2D eigenvalue weighted by atomic mass is 16.5. The van der Waals surface area contributed by atoms with Gasteiger partial charge in [-0.2, -0.15) is 0 Å². The normalized spacial score (nSPS) is 14.9. The first-order valence-corrected chi connectivity index (χ1v) is 10.5. The average molecular weight is 406 g/mol. The molecule has 0 amide bonds. The Labute approximate surface area is 177 Å². The van der Waals surface area contributed by atoms with Crippen LogP contribution in [0, 0.1) is 6.92 Å². The minimum Gasteiger partial charge on any atom is -0.508 e. The summed E-state index contributed by atoms with van der Waals surface area (Å²) >= 11 is 0. The maximum Gasteiger partial charge on any atom is 0.306 e. The van der Waals surface area contributed by atoms with Gasteiger partial charge >= 0.3 is 5.88 Å². The smallest absolute Gasteiger partial charge is 0.306 e. The molecule has 2 aromatic carbocycles. The number of likely N-dealkylation sites (N-methyl/N-ethyl adjacent to an activating group) is 1. The third-order valence-electron chi connectivity index (χ3n) is 5.90. The predicted molar refractivity (Wildman–Crippen MR) is 117 cm³/mol. The van der Waals surface area contributed by atoms with E-state index >= 15 is 0 Å². The molecule has 0 saturated heterocycles. The third kappa shape index (κ3) is 3.71. The van der Waals surface area contributed by atoms with Crippen LogP contribution in [0.3, 0.4) is 0 Å². The van der Waals surface area contributed by atoms with Crippen LogP contribution in [0.25, 0.3) is 0 Å². The fourth-order valence-electron chi connectivity index (χ4n) is 4.05. The Morgan fingerprint density at radius 1 is 1.13 bits per heavy atom. The van der Waals surface area contributed by atoms with Gasteiger partial charge in [0.05, 0.1) is 12.5 Å². The summed E-state index contributed by atoms with van der Waals surface area (Å²) in [5.41, 5.74) is 10.9.